The maximum absolute atomic E-state index is 12.0. The molecule has 0 aliphatic rings. The normalized spacial score (nSPS) is 11.9. The maximum atomic E-state index is 12.0. The summed E-state index contributed by atoms with van der Waals surface area (Å²) in [5, 5.41) is 2.91. The molecule has 0 spiro atoms. The Morgan fingerprint density at radius 1 is 1.11 bits per heavy atom. The summed E-state index contributed by atoms with van der Waals surface area (Å²) >= 11 is 3.37. The van der Waals surface area contributed by atoms with Crippen molar-refractivity contribution in [1.82, 2.24) is 0 Å². The van der Waals surface area contributed by atoms with E-state index in [4.69, 9.17) is 0 Å². The zero-order chi connectivity index (χ0) is 13.7. The van der Waals surface area contributed by atoms with Gasteiger partial charge in [-0.05, 0) is 35.7 Å². The van der Waals surface area contributed by atoms with Crippen molar-refractivity contribution in [3.8, 4) is 0 Å². The fourth-order valence-electron chi connectivity index (χ4n) is 1.92. The van der Waals surface area contributed by atoms with Crippen molar-refractivity contribution in [3.63, 3.8) is 0 Å². The molecule has 0 aliphatic heterocycles. The minimum absolute atomic E-state index is 0.0404. The minimum atomic E-state index is 0.0404. The summed E-state index contributed by atoms with van der Waals surface area (Å²) in [6, 6.07) is 17.7. The van der Waals surface area contributed by atoms with Crippen LogP contribution in [0.15, 0.2) is 59.1 Å². The number of rotatable bonds is 4. The lowest BCUT2D eigenvalue weighted by atomic mass is 9.97. The first kappa shape index (κ1) is 13.8. The van der Waals surface area contributed by atoms with Crippen molar-refractivity contribution >= 4 is 27.5 Å². The van der Waals surface area contributed by atoms with Gasteiger partial charge < -0.3 is 5.32 Å². The SMILES string of the molecule is C[C@H](CC(=O)Nc1ccc(Br)cc1)c1ccccc1. The zero-order valence-electron chi connectivity index (χ0n) is 10.8. The molecule has 0 heterocycles. The molecule has 2 aromatic carbocycles. The fraction of sp³-hybridized carbons (Fsp3) is 0.188. The van der Waals surface area contributed by atoms with Gasteiger partial charge in [0.1, 0.15) is 0 Å². The summed E-state index contributed by atoms with van der Waals surface area (Å²) in [5.74, 6) is 0.260. The molecule has 0 bridgehead atoms. The van der Waals surface area contributed by atoms with Crippen LogP contribution in [0.3, 0.4) is 0 Å². The van der Waals surface area contributed by atoms with Gasteiger partial charge in [-0.3, -0.25) is 4.79 Å². The Morgan fingerprint density at radius 2 is 1.74 bits per heavy atom. The molecule has 1 amide bonds. The molecule has 0 saturated heterocycles. The van der Waals surface area contributed by atoms with Gasteiger partial charge in [0.2, 0.25) is 5.91 Å². The summed E-state index contributed by atoms with van der Waals surface area (Å²) in [5.41, 5.74) is 2.02. The third-order valence-corrected chi connectivity index (χ3v) is 3.52. The molecule has 0 aromatic heterocycles. The highest BCUT2D eigenvalue weighted by atomic mass is 79.9. The van der Waals surface area contributed by atoms with Crippen LogP contribution in [0.25, 0.3) is 0 Å². The lowest BCUT2D eigenvalue weighted by Gasteiger charge is -2.12. The van der Waals surface area contributed by atoms with Gasteiger partial charge in [0, 0.05) is 16.6 Å². The molecule has 0 saturated carbocycles. The van der Waals surface area contributed by atoms with Gasteiger partial charge in [0.05, 0.1) is 0 Å². The van der Waals surface area contributed by atoms with E-state index in [0.29, 0.717) is 6.42 Å². The van der Waals surface area contributed by atoms with Crippen LogP contribution in [-0.4, -0.2) is 5.91 Å². The standard InChI is InChI=1S/C16H16BrNO/c1-12(13-5-3-2-4-6-13)11-16(19)18-15-9-7-14(17)8-10-15/h2-10,12H,11H2,1H3,(H,18,19)/t12-/m1/s1. The third-order valence-electron chi connectivity index (χ3n) is 2.99. The van der Waals surface area contributed by atoms with E-state index in [0.717, 1.165) is 10.2 Å². The second-order valence-electron chi connectivity index (χ2n) is 4.57. The Bertz CT molecular complexity index is 536. The second-order valence-corrected chi connectivity index (χ2v) is 5.49. The van der Waals surface area contributed by atoms with Crippen LogP contribution in [0.5, 0.6) is 0 Å². The maximum Gasteiger partial charge on any atom is 0.224 e. The van der Waals surface area contributed by atoms with Crippen molar-refractivity contribution in [1.29, 1.82) is 0 Å². The van der Waals surface area contributed by atoms with Crippen LogP contribution in [0.1, 0.15) is 24.8 Å². The molecule has 3 heteroatoms. The molecule has 0 unspecified atom stereocenters. The molecule has 2 aromatic rings. The molecule has 98 valence electrons. The number of hydrogen-bond acceptors (Lipinski definition) is 1. The van der Waals surface area contributed by atoms with Crippen LogP contribution in [0, 0.1) is 0 Å². The number of nitrogens with one attached hydrogen (secondary N) is 1. The van der Waals surface area contributed by atoms with Crippen LogP contribution < -0.4 is 5.32 Å². The lowest BCUT2D eigenvalue weighted by molar-refractivity contribution is -0.116. The van der Waals surface area contributed by atoms with Gasteiger partial charge in [-0.15, -0.1) is 0 Å². The molecular formula is C16H16BrNO. The van der Waals surface area contributed by atoms with Crippen LogP contribution in [0.4, 0.5) is 5.69 Å². The number of carbonyl (C=O) groups excluding carboxylic acids is 1. The van der Waals surface area contributed by atoms with Crippen molar-refractivity contribution < 1.29 is 4.79 Å². The minimum Gasteiger partial charge on any atom is -0.326 e. The van der Waals surface area contributed by atoms with Crippen molar-refractivity contribution in [2.45, 2.75) is 19.3 Å². The molecule has 2 nitrogen and oxygen atoms in total. The highest BCUT2D eigenvalue weighted by Gasteiger charge is 2.10. The third kappa shape index (κ3) is 4.21. The van der Waals surface area contributed by atoms with Gasteiger partial charge in [-0.25, -0.2) is 0 Å². The van der Waals surface area contributed by atoms with Crippen LogP contribution >= 0.6 is 15.9 Å². The largest absolute Gasteiger partial charge is 0.326 e. The molecule has 0 aliphatic carbocycles. The predicted octanol–water partition coefficient (Wildman–Crippen LogP) is 4.58. The Kier molecular flexibility index (Phi) is 4.74. The van der Waals surface area contributed by atoms with E-state index < -0.39 is 0 Å². The quantitative estimate of drug-likeness (QED) is 0.878. The highest BCUT2D eigenvalue weighted by Crippen LogP contribution is 2.20. The smallest absolute Gasteiger partial charge is 0.224 e. The van der Waals surface area contributed by atoms with Gasteiger partial charge in [0.25, 0.3) is 0 Å². The number of carbonyl (C=O) groups is 1. The number of benzene rings is 2. The molecule has 1 atom stereocenters. The van der Waals surface area contributed by atoms with E-state index in [1.165, 1.54) is 5.56 Å². The predicted molar refractivity (Wildman–Crippen MR) is 82.2 cm³/mol. The summed E-state index contributed by atoms with van der Waals surface area (Å²) in [6.45, 7) is 2.07. The van der Waals surface area contributed by atoms with E-state index in [-0.39, 0.29) is 11.8 Å². The van der Waals surface area contributed by atoms with Gasteiger partial charge in [0.15, 0.2) is 0 Å². The fourth-order valence-corrected chi connectivity index (χ4v) is 2.19. The van der Waals surface area contributed by atoms with Gasteiger partial charge >= 0.3 is 0 Å². The van der Waals surface area contributed by atoms with Crippen molar-refractivity contribution in [2.75, 3.05) is 5.32 Å². The zero-order valence-corrected chi connectivity index (χ0v) is 12.4. The Balaban J connectivity index is 1.93. The molecule has 19 heavy (non-hydrogen) atoms. The molecule has 2 rings (SSSR count). The first-order chi connectivity index (χ1) is 9.15. The Hall–Kier alpha value is -1.61. The summed E-state index contributed by atoms with van der Waals surface area (Å²) < 4.78 is 1.00. The molecule has 0 radical (unpaired) electrons. The molecule has 1 N–H and O–H groups in total. The summed E-state index contributed by atoms with van der Waals surface area (Å²) in [4.78, 5) is 12.0. The monoisotopic (exact) mass is 317 g/mol. The topological polar surface area (TPSA) is 29.1 Å². The van der Waals surface area contributed by atoms with Gasteiger partial charge in [-0.2, -0.15) is 0 Å². The highest BCUT2D eigenvalue weighted by molar-refractivity contribution is 9.10. The summed E-state index contributed by atoms with van der Waals surface area (Å²) in [7, 11) is 0. The van der Waals surface area contributed by atoms with Gasteiger partial charge in [-0.1, -0.05) is 53.2 Å². The Labute approximate surface area is 122 Å². The number of anilines is 1. The average molecular weight is 318 g/mol. The molecule has 0 fully saturated rings. The average Bonchev–Trinajstić information content (AvgIpc) is 2.42. The van der Waals surface area contributed by atoms with E-state index in [9.17, 15) is 4.79 Å². The van der Waals surface area contributed by atoms with E-state index in [2.05, 4.69) is 40.3 Å². The van der Waals surface area contributed by atoms with E-state index in [1.807, 2.05) is 42.5 Å². The second kappa shape index (κ2) is 6.53. The van der Waals surface area contributed by atoms with Crippen LogP contribution in [0.2, 0.25) is 0 Å². The number of hydrogen-bond donors (Lipinski definition) is 1. The van der Waals surface area contributed by atoms with E-state index in [1.54, 1.807) is 0 Å². The number of halogens is 1. The first-order valence-electron chi connectivity index (χ1n) is 6.25. The first-order valence-corrected chi connectivity index (χ1v) is 7.05. The summed E-state index contributed by atoms with van der Waals surface area (Å²) in [6.07, 6.45) is 0.486. The number of amides is 1. The van der Waals surface area contributed by atoms with Crippen molar-refractivity contribution in [3.05, 3.63) is 64.6 Å². The Morgan fingerprint density at radius 3 is 2.37 bits per heavy atom. The molecular weight excluding hydrogens is 302 g/mol. The van der Waals surface area contributed by atoms with Crippen LogP contribution in [-0.2, 0) is 4.79 Å². The van der Waals surface area contributed by atoms with Crippen molar-refractivity contribution in [2.24, 2.45) is 0 Å². The lowest BCUT2D eigenvalue weighted by Crippen LogP contribution is -2.14. The van der Waals surface area contributed by atoms with E-state index >= 15 is 0 Å².